The van der Waals surface area contributed by atoms with Crippen LogP contribution >= 0.6 is 0 Å². The Morgan fingerprint density at radius 3 is 2.00 bits per heavy atom. The van der Waals surface area contributed by atoms with Gasteiger partial charge in [0.1, 0.15) is 11.3 Å². The van der Waals surface area contributed by atoms with Gasteiger partial charge in [-0.1, -0.05) is 42.5 Å². The SMILES string of the molecule is COC(=O)c1c(-c2ccccc2B2OC(C)(C)C(C)(C)O2)nn(-c2ccccc2)c1C(=O)OC. The van der Waals surface area contributed by atoms with E-state index in [1.54, 1.807) is 12.1 Å². The largest absolute Gasteiger partial charge is 0.495 e. The van der Waals surface area contributed by atoms with Crippen molar-refractivity contribution in [2.24, 2.45) is 0 Å². The van der Waals surface area contributed by atoms with Crippen molar-refractivity contribution in [2.45, 2.75) is 38.9 Å². The van der Waals surface area contributed by atoms with Gasteiger partial charge in [0.15, 0.2) is 5.69 Å². The van der Waals surface area contributed by atoms with Crippen LogP contribution < -0.4 is 5.46 Å². The fourth-order valence-corrected chi connectivity index (χ4v) is 3.83. The first-order valence-electron chi connectivity index (χ1n) is 10.9. The molecule has 0 atom stereocenters. The minimum absolute atomic E-state index is 0.00201. The average molecular weight is 462 g/mol. The highest BCUT2D eigenvalue weighted by Crippen LogP contribution is 2.38. The molecule has 2 aromatic carbocycles. The molecule has 0 saturated carbocycles. The molecule has 176 valence electrons. The van der Waals surface area contributed by atoms with Crippen LogP contribution in [0.15, 0.2) is 54.6 Å². The number of hydrogen-bond acceptors (Lipinski definition) is 7. The first-order chi connectivity index (χ1) is 16.1. The summed E-state index contributed by atoms with van der Waals surface area (Å²) in [5.74, 6) is -1.42. The van der Waals surface area contributed by atoms with Crippen LogP contribution in [0.2, 0.25) is 0 Å². The number of aromatic nitrogens is 2. The second-order valence-corrected chi connectivity index (χ2v) is 8.98. The normalized spacial score (nSPS) is 16.4. The molecule has 0 bridgehead atoms. The van der Waals surface area contributed by atoms with Crippen molar-refractivity contribution >= 4 is 24.5 Å². The number of benzene rings is 2. The number of ether oxygens (including phenoxy) is 2. The van der Waals surface area contributed by atoms with Gasteiger partial charge in [0.25, 0.3) is 0 Å². The molecule has 1 fully saturated rings. The van der Waals surface area contributed by atoms with Crippen LogP contribution in [0.4, 0.5) is 0 Å². The van der Waals surface area contributed by atoms with E-state index in [0.29, 0.717) is 16.7 Å². The monoisotopic (exact) mass is 462 g/mol. The molecule has 3 aromatic rings. The third-order valence-corrected chi connectivity index (χ3v) is 6.38. The van der Waals surface area contributed by atoms with Gasteiger partial charge in [0, 0.05) is 5.56 Å². The van der Waals surface area contributed by atoms with Crippen LogP contribution in [0.25, 0.3) is 16.9 Å². The molecule has 0 radical (unpaired) electrons. The van der Waals surface area contributed by atoms with Crippen molar-refractivity contribution in [1.29, 1.82) is 0 Å². The molecule has 2 heterocycles. The van der Waals surface area contributed by atoms with Crippen LogP contribution in [0, 0.1) is 0 Å². The van der Waals surface area contributed by atoms with Crippen LogP contribution in [0.1, 0.15) is 48.5 Å². The number of para-hydroxylation sites is 1. The van der Waals surface area contributed by atoms with Crippen molar-refractivity contribution in [3.63, 3.8) is 0 Å². The Bertz CT molecular complexity index is 1220. The van der Waals surface area contributed by atoms with E-state index in [0.717, 1.165) is 0 Å². The lowest BCUT2D eigenvalue weighted by Crippen LogP contribution is -2.41. The van der Waals surface area contributed by atoms with Gasteiger partial charge in [-0.3, -0.25) is 0 Å². The minimum atomic E-state index is -0.712. The maximum atomic E-state index is 13.0. The van der Waals surface area contributed by atoms with Crippen LogP contribution in [0.5, 0.6) is 0 Å². The molecule has 1 saturated heterocycles. The van der Waals surface area contributed by atoms with Gasteiger partial charge < -0.3 is 18.8 Å². The van der Waals surface area contributed by atoms with Gasteiger partial charge >= 0.3 is 19.1 Å². The van der Waals surface area contributed by atoms with Crippen molar-refractivity contribution in [2.75, 3.05) is 14.2 Å². The minimum Gasteiger partial charge on any atom is -0.465 e. The summed E-state index contributed by atoms with van der Waals surface area (Å²) in [6.07, 6.45) is 0. The Hall–Kier alpha value is -3.43. The van der Waals surface area contributed by atoms with Gasteiger partial charge in [-0.05, 0) is 45.3 Å². The lowest BCUT2D eigenvalue weighted by molar-refractivity contribution is 0.00578. The molecule has 9 heteroatoms. The lowest BCUT2D eigenvalue weighted by Gasteiger charge is -2.32. The summed E-state index contributed by atoms with van der Waals surface area (Å²) in [5, 5.41) is 4.70. The van der Waals surface area contributed by atoms with Gasteiger partial charge in [-0.15, -0.1) is 0 Å². The number of nitrogens with zero attached hydrogens (tertiary/aromatic N) is 2. The Balaban J connectivity index is 1.97. The third kappa shape index (κ3) is 3.91. The summed E-state index contributed by atoms with van der Waals surface area (Å²) in [4.78, 5) is 25.9. The maximum Gasteiger partial charge on any atom is 0.495 e. The number of carbonyl (C=O) groups is 2. The fourth-order valence-electron chi connectivity index (χ4n) is 3.83. The van der Waals surface area contributed by atoms with Crippen LogP contribution in [-0.2, 0) is 18.8 Å². The number of methoxy groups -OCH3 is 2. The fraction of sp³-hybridized carbons (Fsp3) is 0.320. The molecule has 1 aliphatic heterocycles. The summed E-state index contributed by atoms with van der Waals surface area (Å²) >= 11 is 0. The summed E-state index contributed by atoms with van der Waals surface area (Å²) < 4.78 is 24.0. The topological polar surface area (TPSA) is 88.9 Å². The predicted octanol–water partition coefficient (Wildman–Crippen LogP) is 3.41. The first-order valence-corrected chi connectivity index (χ1v) is 10.9. The quantitative estimate of drug-likeness (QED) is 0.424. The molecule has 0 aliphatic carbocycles. The Morgan fingerprint density at radius 2 is 1.41 bits per heavy atom. The van der Waals surface area contributed by atoms with E-state index in [1.165, 1.54) is 18.9 Å². The molecule has 0 spiro atoms. The highest BCUT2D eigenvalue weighted by Gasteiger charge is 2.52. The molecule has 0 N–H and O–H groups in total. The Morgan fingerprint density at radius 1 is 0.853 bits per heavy atom. The molecule has 0 unspecified atom stereocenters. The van der Waals surface area contributed by atoms with Crippen LogP contribution in [0.3, 0.4) is 0 Å². The standard InChI is InChI=1S/C25H27BN2O6/c1-24(2)25(3,4)34-26(33-24)18-15-11-10-14-17(18)20-19(22(29)31-5)21(23(30)32-6)28(27-20)16-12-8-7-9-13-16/h7-15H,1-6H3. The van der Waals surface area contributed by atoms with Gasteiger partial charge in [0.2, 0.25) is 0 Å². The molecule has 1 aromatic heterocycles. The van der Waals surface area contributed by atoms with Gasteiger partial charge in [-0.2, -0.15) is 5.10 Å². The second kappa shape index (κ2) is 8.74. The van der Waals surface area contributed by atoms with Crippen LogP contribution in [-0.4, -0.2) is 54.3 Å². The van der Waals surface area contributed by atoms with Crippen molar-refractivity contribution in [3.05, 3.63) is 65.9 Å². The molecule has 0 amide bonds. The molecular weight excluding hydrogens is 435 g/mol. The molecule has 8 nitrogen and oxygen atoms in total. The zero-order chi connectivity index (χ0) is 24.7. The van der Waals surface area contributed by atoms with Gasteiger partial charge in [-0.25, -0.2) is 14.3 Å². The Kier molecular flexibility index (Phi) is 6.10. The van der Waals surface area contributed by atoms with E-state index < -0.39 is 30.3 Å². The van der Waals surface area contributed by atoms with E-state index in [2.05, 4.69) is 0 Å². The Labute approximate surface area is 198 Å². The highest BCUT2D eigenvalue weighted by atomic mass is 16.7. The number of rotatable bonds is 5. The first kappa shape index (κ1) is 23.7. The molecule has 1 aliphatic rings. The maximum absolute atomic E-state index is 13.0. The zero-order valence-corrected chi connectivity index (χ0v) is 20.1. The van der Waals surface area contributed by atoms with E-state index >= 15 is 0 Å². The molecule has 4 rings (SSSR count). The summed E-state index contributed by atoms with van der Waals surface area (Å²) in [6, 6.07) is 16.4. The smallest absolute Gasteiger partial charge is 0.465 e. The van der Waals surface area contributed by atoms with Crippen molar-refractivity contribution in [1.82, 2.24) is 9.78 Å². The highest BCUT2D eigenvalue weighted by molar-refractivity contribution is 6.64. The lowest BCUT2D eigenvalue weighted by atomic mass is 9.75. The molecule has 34 heavy (non-hydrogen) atoms. The van der Waals surface area contributed by atoms with E-state index in [1.807, 2.05) is 70.2 Å². The summed E-state index contributed by atoms with van der Waals surface area (Å²) in [5.41, 5.74) is 0.976. The average Bonchev–Trinajstić information content (AvgIpc) is 3.33. The second-order valence-electron chi connectivity index (χ2n) is 8.98. The summed E-state index contributed by atoms with van der Waals surface area (Å²) in [6.45, 7) is 7.87. The summed E-state index contributed by atoms with van der Waals surface area (Å²) in [7, 11) is 1.81. The van der Waals surface area contributed by atoms with E-state index in [9.17, 15) is 9.59 Å². The number of esters is 2. The predicted molar refractivity (Wildman–Crippen MR) is 127 cm³/mol. The van der Waals surface area contributed by atoms with Crippen molar-refractivity contribution in [3.8, 4) is 16.9 Å². The molecular formula is C25H27BN2O6. The third-order valence-electron chi connectivity index (χ3n) is 6.38. The number of carbonyl (C=O) groups excluding carboxylic acids is 2. The van der Waals surface area contributed by atoms with E-state index in [4.69, 9.17) is 23.9 Å². The number of hydrogen-bond donors (Lipinski definition) is 0. The zero-order valence-electron chi connectivity index (χ0n) is 20.1. The van der Waals surface area contributed by atoms with Gasteiger partial charge in [0.05, 0.1) is 31.1 Å². The van der Waals surface area contributed by atoms with E-state index in [-0.39, 0.29) is 17.0 Å². The van der Waals surface area contributed by atoms with Crippen molar-refractivity contribution < 1.29 is 28.4 Å².